The molecule has 0 amide bonds. The predicted molar refractivity (Wildman–Crippen MR) is 142 cm³/mol. The molecule has 1 saturated carbocycles. The zero-order chi connectivity index (χ0) is 24.6. The summed E-state index contributed by atoms with van der Waals surface area (Å²) in [6.07, 6.45) is 8.44. The Hall–Kier alpha value is -1.99. The van der Waals surface area contributed by atoms with Crippen molar-refractivity contribution in [3.8, 4) is 16.9 Å². The van der Waals surface area contributed by atoms with Gasteiger partial charge in [0.25, 0.3) is 0 Å². The fourth-order valence-electron chi connectivity index (χ4n) is 5.52. The minimum absolute atomic E-state index is 0.338. The summed E-state index contributed by atoms with van der Waals surface area (Å²) < 4.78 is 5.80. The van der Waals surface area contributed by atoms with Crippen LogP contribution >= 0.6 is 0 Å². The van der Waals surface area contributed by atoms with Gasteiger partial charge in [-0.2, -0.15) is 0 Å². The van der Waals surface area contributed by atoms with E-state index >= 15 is 0 Å². The molecule has 6 nitrogen and oxygen atoms in total. The van der Waals surface area contributed by atoms with Gasteiger partial charge in [0.05, 0.1) is 6.61 Å². The molecule has 1 unspecified atom stereocenters. The smallest absolute Gasteiger partial charge is 0.119 e. The van der Waals surface area contributed by atoms with E-state index in [1.165, 1.54) is 43.2 Å². The lowest BCUT2D eigenvalue weighted by molar-refractivity contribution is 0.105. The van der Waals surface area contributed by atoms with Gasteiger partial charge in [-0.05, 0) is 69.0 Å². The van der Waals surface area contributed by atoms with Crippen LogP contribution < -0.4 is 10.1 Å². The Labute approximate surface area is 211 Å². The van der Waals surface area contributed by atoms with Crippen LogP contribution in [0.3, 0.4) is 0 Å². The van der Waals surface area contributed by atoms with E-state index in [4.69, 9.17) is 9.72 Å². The molecule has 1 saturated heterocycles. The van der Waals surface area contributed by atoms with Crippen molar-refractivity contribution in [1.82, 2.24) is 20.1 Å². The fraction of sp³-hybridized carbons (Fsp3) is 0.621. The predicted octanol–water partition coefficient (Wildman–Crippen LogP) is 4.31. The van der Waals surface area contributed by atoms with Crippen LogP contribution in [0.15, 0.2) is 36.5 Å². The van der Waals surface area contributed by atoms with E-state index in [0.29, 0.717) is 25.0 Å². The fourth-order valence-corrected chi connectivity index (χ4v) is 5.52. The van der Waals surface area contributed by atoms with Crippen molar-refractivity contribution < 1.29 is 9.84 Å². The number of nitrogens with zero attached hydrogens (tertiary/aromatic N) is 3. The number of ether oxygens (including phenoxy) is 1. The van der Waals surface area contributed by atoms with Gasteiger partial charge in [0.2, 0.25) is 0 Å². The molecule has 1 aromatic carbocycles. The number of pyridine rings is 1. The summed E-state index contributed by atoms with van der Waals surface area (Å²) in [7, 11) is 2.19. The van der Waals surface area contributed by atoms with E-state index in [1.807, 2.05) is 13.1 Å². The third-order valence-corrected chi connectivity index (χ3v) is 7.73. The maximum atomic E-state index is 10.6. The minimum atomic E-state index is -0.566. The third-order valence-electron chi connectivity index (χ3n) is 7.73. The Kier molecular flexibility index (Phi) is 9.55. The summed E-state index contributed by atoms with van der Waals surface area (Å²) in [6.45, 7) is 10.2. The van der Waals surface area contributed by atoms with Crippen molar-refractivity contribution in [2.24, 2.45) is 5.92 Å². The van der Waals surface area contributed by atoms with Gasteiger partial charge < -0.3 is 14.7 Å². The summed E-state index contributed by atoms with van der Waals surface area (Å²) in [5.41, 5.74) is 4.50. The van der Waals surface area contributed by atoms with Crippen molar-refractivity contribution in [3.05, 3.63) is 47.8 Å². The monoisotopic (exact) mass is 480 g/mol. The van der Waals surface area contributed by atoms with Crippen LogP contribution in [0, 0.1) is 5.92 Å². The molecule has 2 N–H and O–H groups in total. The Morgan fingerprint density at radius 3 is 2.54 bits per heavy atom. The van der Waals surface area contributed by atoms with Crippen LogP contribution in [0.1, 0.15) is 57.2 Å². The zero-order valence-corrected chi connectivity index (χ0v) is 21.9. The summed E-state index contributed by atoms with van der Waals surface area (Å²) in [6, 6.07) is 10.9. The second-order valence-corrected chi connectivity index (χ2v) is 10.4. The molecule has 0 spiro atoms. The summed E-state index contributed by atoms with van der Waals surface area (Å²) in [5, 5.41) is 14.1. The van der Waals surface area contributed by atoms with Gasteiger partial charge in [-0.3, -0.25) is 15.2 Å². The molecule has 35 heavy (non-hydrogen) atoms. The van der Waals surface area contributed by atoms with Gasteiger partial charge in [0.1, 0.15) is 12.0 Å². The zero-order valence-electron chi connectivity index (χ0n) is 21.9. The largest absolute Gasteiger partial charge is 0.494 e. The van der Waals surface area contributed by atoms with Crippen LogP contribution in [-0.4, -0.2) is 72.0 Å². The molecule has 1 aliphatic carbocycles. The lowest BCUT2D eigenvalue weighted by Gasteiger charge is -2.32. The number of aromatic nitrogens is 1. The van der Waals surface area contributed by atoms with Crippen LogP contribution in [0.2, 0.25) is 0 Å². The van der Waals surface area contributed by atoms with E-state index in [1.54, 1.807) is 0 Å². The molecule has 6 heteroatoms. The van der Waals surface area contributed by atoms with Crippen LogP contribution in [0.5, 0.6) is 5.75 Å². The van der Waals surface area contributed by atoms with Crippen molar-refractivity contribution in [2.45, 2.75) is 71.2 Å². The van der Waals surface area contributed by atoms with Gasteiger partial charge >= 0.3 is 0 Å². The Morgan fingerprint density at radius 1 is 1.09 bits per heavy atom. The molecular formula is C29H44N4O2. The molecule has 2 heterocycles. The molecule has 2 fully saturated rings. The van der Waals surface area contributed by atoms with Crippen molar-refractivity contribution in [3.63, 3.8) is 0 Å². The molecule has 192 valence electrons. The summed E-state index contributed by atoms with van der Waals surface area (Å²) in [5.74, 6) is 1.60. The lowest BCUT2D eigenvalue weighted by atomic mass is 9.84. The second kappa shape index (κ2) is 12.8. The maximum absolute atomic E-state index is 10.6. The SMILES string of the molecule is CCOc1ccc(-c2ccc(CC(O)N[C@H](C)C3CCCCC3)nc2)c(CN2CCN(C)CC2)c1. The first-order valence-electron chi connectivity index (χ1n) is 13.6. The Balaban J connectivity index is 1.41. The quantitative estimate of drug-likeness (QED) is 0.494. The van der Waals surface area contributed by atoms with Crippen molar-refractivity contribution in [1.29, 1.82) is 0 Å². The van der Waals surface area contributed by atoms with Gasteiger partial charge in [-0.1, -0.05) is 31.4 Å². The highest BCUT2D eigenvalue weighted by atomic mass is 16.5. The average molecular weight is 481 g/mol. The molecule has 1 aromatic heterocycles. The van der Waals surface area contributed by atoms with Gasteiger partial charge in [-0.15, -0.1) is 0 Å². The van der Waals surface area contributed by atoms with Crippen LogP contribution in [0.25, 0.3) is 11.1 Å². The second-order valence-electron chi connectivity index (χ2n) is 10.4. The Bertz CT molecular complexity index is 905. The molecule has 4 rings (SSSR count). The highest BCUT2D eigenvalue weighted by Crippen LogP contribution is 2.29. The van der Waals surface area contributed by atoms with E-state index in [9.17, 15) is 5.11 Å². The van der Waals surface area contributed by atoms with Crippen molar-refractivity contribution in [2.75, 3.05) is 39.8 Å². The molecule has 2 atom stereocenters. The van der Waals surface area contributed by atoms with Crippen LogP contribution in [-0.2, 0) is 13.0 Å². The number of aliphatic hydroxyl groups is 1. The van der Waals surface area contributed by atoms with Gasteiger partial charge in [-0.25, -0.2) is 0 Å². The number of hydrogen-bond acceptors (Lipinski definition) is 6. The first-order chi connectivity index (χ1) is 17.0. The number of piperazine rings is 1. The van der Waals surface area contributed by atoms with E-state index in [2.05, 4.69) is 59.4 Å². The van der Waals surface area contributed by atoms with E-state index in [-0.39, 0.29) is 0 Å². The average Bonchev–Trinajstić information content (AvgIpc) is 2.87. The van der Waals surface area contributed by atoms with Gasteiger partial charge in [0, 0.05) is 62.6 Å². The van der Waals surface area contributed by atoms with Gasteiger partial charge in [0.15, 0.2) is 0 Å². The Morgan fingerprint density at radius 2 is 1.86 bits per heavy atom. The number of hydrogen-bond donors (Lipinski definition) is 2. The number of nitrogens with one attached hydrogen (secondary N) is 1. The molecule has 2 aromatic rings. The van der Waals surface area contributed by atoms with Crippen molar-refractivity contribution >= 4 is 0 Å². The topological polar surface area (TPSA) is 60.9 Å². The highest BCUT2D eigenvalue weighted by Gasteiger charge is 2.22. The highest BCUT2D eigenvalue weighted by molar-refractivity contribution is 5.67. The first kappa shape index (κ1) is 26.1. The minimum Gasteiger partial charge on any atom is -0.494 e. The number of benzene rings is 1. The molecule has 2 aliphatic rings. The maximum Gasteiger partial charge on any atom is 0.119 e. The molecule has 1 aliphatic heterocycles. The standard InChI is InChI=1S/C29H44N4O2/c1-4-35-27-12-13-28(25(18-27)21-33-16-14-32(3)15-17-33)24-10-11-26(30-20-24)19-29(34)31-22(2)23-8-6-5-7-9-23/h10-13,18,20,22-23,29,31,34H,4-9,14-17,19,21H2,1-3H3/t22-,29?/m1/s1. The summed E-state index contributed by atoms with van der Waals surface area (Å²) >= 11 is 0. The number of aliphatic hydroxyl groups excluding tert-OH is 1. The number of rotatable bonds is 10. The van der Waals surface area contributed by atoms with Crippen LogP contribution in [0.4, 0.5) is 0 Å². The number of likely N-dealkylation sites (N-methyl/N-ethyl adjacent to an activating group) is 1. The van der Waals surface area contributed by atoms with E-state index < -0.39 is 6.23 Å². The molecular weight excluding hydrogens is 436 g/mol. The molecule has 0 bridgehead atoms. The molecule has 0 radical (unpaired) electrons. The third kappa shape index (κ3) is 7.50. The first-order valence-corrected chi connectivity index (χ1v) is 13.6. The normalized spacial score (nSPS) is 20.0. The lowest BCUT2D eigenvalue weighted by Crippen LogP contribution is -2.43. The summed E-state index contributed by atoms with van der Waals surface area (Å²) in [4.78, 5) is 9.62. The van der Waals surface area contributed by atoms with E-state index in [0.717, 1.165) is 49.7 Å².